The van der Waals surface area contributed by atoms with Crippen LogP contribution in [0.4, 0.5) is 5.13 Å². The van der Waals surface area contributed by atoms with Gasteiger partial charge in [-0.1, -0.05) is 6.42 Å². The number of anilines is 1. The summed E-state index contributed by atoms with van der Waals surface area (Å²) in [5.41, 5.74) is 0. The highest BCUT2D eigenvalue weighted by molar-refractivity contribution is 7.15. The second-order valence-electron chi connectivity index (χ2n) is 5.11. The maximum absolute atomic E-state index is 5.02. The van der Waals surface area contributed by atoms with E-state index in [1.807, 2.05) is 17.5 Å². The van der Waals surface area contributed by atoms with Gasteiger partial charge in [-0.05, 0) is 25.7 Å². The number of ether oxygens (including phenoxy) is 1. The summed E-state index contributed by atoms with van der Waals surface area (Å²) < 4.78 is 5.02. The molecule has 1 N–H and O–H groups in total. The average Bonchev–Trinajstić information content (AvgIpc) is 2.82. The summed E-state index contributed by atoms with van der Waals surface area (Å²) in [5, 5.41) is 4.54. The Morgan fingerprint density at radius 2 is 2.37 bits per heavy atom. The lowest BCUT2D eigenvalue weighted by atomic mass is 9.85. The minimum atomic E-state index is 0.758. The molecule has 0 radical (unpaired) electrons. The molecule has 0 aromatic carbocycles. The van der Waals surface area contributed by atoms with E-state index >= 15 is 0 Å². The summed E-state index contributed by atoms with van der Waals surface area (Å²) in [6.45, 7) is 7.00. The first kappa shape index (κ1) is 14.8. The van der Waals surface area contributed by atoms with Crippen molar-refractivity contribution >= 4 is 16.5 Å². The van der Waals surface area contributed by atoms with Crippen molar-refractivity contribution in [1.29, 1.82) is 0 Å². The van der Waals surface area contributed by atoms with Gasteiger partial charge in [0.25, 0.3) is 0 Å². The number of rotatable bonds is 9. The molecule has 2 rings (SSSR count). The largest absolute Gasteiger partial charge is 0.383 e. The van der Waals surface area contributed by atoms with E-state index in [9.17, 15) is 0 Å². The third-order valence-electron chi connectivity index (χ3n) is 3.68. The monoisotopic (exact) mass is 283 g/mol. The van der Waals surface area contributed by atoms with Crippen LogP contribution in [0.3, 0.4) is 0 Å². The lowest BCUT2D eigenvalue weighted by molar-refractivity contribution is 0.199. The fourth-order valence-corrected chi connectivity index (χ4v) is 3.19. The molecule has 1 heterocycles. The molecule has 0 saturated heterocycles. The van der Waals surface area contributed by atoms with Crippen molar-refractivity contribution in [3.05, 3.63) is 11.1 Å². The van der Waals surface area contributed by atoms with Gasteiger partial charge in [0.2, 0.25) is 0 Å². The highest BCUT2D eigenvalue weighted by Crippen LogP contribution is 2.30. The molecule has 5 heteroatoms. The highest BCUT2D eigenvalue weighted by atomic mass is 32.1. The van der Waals surface area contributed by atoms with Crippen LogP contribution >= 0.6 is 11.3 Å². The molecule has 4 nitrogen and oxygen atoms in total. The first-order valence-corrected chi connectivity index (χ1v) is 8.04. The zero-order valence-electron chi connectivity index (χ0n) is 12.0. The maximum Gasteiger partial charge on any atom is 0.185 e. The summed E-state index contributed by atoms with van der Waals surface area (Å²) >= 11 is 1.81. The lowest BCUT2D eigenvalue weighted by Crippen LogP contribution is -2.32. The first-order chi connectivity index (χ1) is 9.33. The van der Waals surface area contributed by atoms with Crippen molar-refractivity contribution in [2.75, 3.05) is 38.3 Å². The normalized spacial score (nSPS) is 15.5. The van der Waals surface area contributed by atoms with Gasteiger partial charge in [-0.3, -0.25) is 0 Å². The van der Waals surface area contributed by atoms with Gasteiger partial charge in [0, 0.05) is 44.4 Å². The van der Waals surface area contributed by atoms with Crippen LogP contribution in [0.2, 0.25) is 0 Å². The maximum atomic E-state index is 5.02. The van der Waals surface area contributed by atoms with Crippen LogP contribution in [-0.2, 0) is 11.3 Å². The third kappa shape index (κ3) is 4.44. The molecule has 1 aliphatic rings. The fourth-order valence-electron chi connectivity index (χ4n) is 2.24. The molecule has 0 aliphatic heterocycles. The van der Waals surface area contributed by atoms with Crippen LogP contribution < -0.4 is 10.2 Å². The van der Waals surface area contributed by atoms with Gasteiger partial charge in [-0.15, -0.1) is 11.3 Å². The lowest BCUT2D eigenvalue weighted by Gasteiger charge is -2.31. The molecule has 1 aliphatic carbocycles. The van der Waals surface area contributed by atoms with E-state index in [2.05, 4.69) is 22.1 Å². The molecule has 19 heavy (non-hydrogen) atoms. The fraction of sp³-hybridized carbons (Fsp3) is 0.786. The van der Waals surface area contributed by atoms with Gasteiger partial charge in [0.15, 0.2) is 5.13 Å². The van der Waals surface area contributed by atoms with Crippen molar-refractivity contribution < 1.29 is 4.74 Å². The van der Waals surface area contributed by atoms with Crippen molar-refractivity contribution in [1.82, 2.24) is 10.3 Å². The summed E-state index contributed by atoms with van der Waals surface area (Å²) in [6.07, 6.45) is 6.21. The summed E-state index contributed by atoms with van der Waals surface area (Å²) in [7, 11) is 1.73. The standard InChI is InChI=1S/C14H25N3OS/c1-3-17(11-12-5-4-6-12)14-16-10-13(19-14)9-15-7-8-18-2/h10,12,15H,3-9,11H2,1-2H3. The zero-order chi connectivity index (χ0) is 13.5. The predicted molar refractivity (Wildman–Crippen MR) is 80.9 cm³/mol. The number of hydrogen-bond donors (Lipinski definition) is 1. The number of methoxy groups -OCH3 is 1. The Kier molecular flexibility index (Phi) is 6.07. The number of aromatic nitrogens is 1. The minimum Gasteiger partial charge on any atom is -0.383 e. The smallest absolute Gasteiger partial charge is 0.185 e. The summed E-state index contributed by atoms with van der Waals surface area (Å²) in [4.78, 5) is 8.30. The Bertz CT molecular complexity index is 365. The Labute approximate surface area is 120 Å². The van der Waals surface area contributed by atoms with Crippen LogP contribution in [0.25, 0.3) is 0 Å². The van der Waals surface area contributed by atoms with Crippen LogP contribution in [-0.4, -0.2) is 38.3 Å². The molecule has 0 amide bonds. The first-order valence-electron chi connectivity index (χ1n) is 7.22. The molecule has 1 aromatic heterocycles. The second-order valence-corrected chi connectivity index (χ2v) is 6.21. The molecular formula is C14H25N3OS. The van der Waals surface area contributed by atoms with E-state index < -0.39 is 0 Å². The predicted octanol–water partition coefficient (Wildman–Crippen LogP) is 2.51. The van der Waals surface area contributed by atoms with Gasteiger partial charge in [-0.2, -0.15) is 0 Å². The summed E-state index contributed by atoms with van der Waals surface area (Å²) in [5.74, 6) is 0.895. The molecule has 108 valence electrons. The Morgan fingerprint density at radius 3 is 3.00 bits per heavy atom. The van der Waals surface area contributed by atoms with Crippen LogP contribution in [0.1, 0.15) is 31.1 Å². The van der Waals surface area contributed by atoms with Crippen LogP contribution in [0.5, 0.6) is 0 Å². The second kappa shape index (κ2) is 7.82. The Hall–Kier alpha value is -0.650. The van der Waals surface area contributed by atoms with Crippen molar-refractivity contribution in [2.45, 2.75) is 32.7 Å². The number of nitrogens with zero attached hydrogens (tertiary/aromatic N) is 2. The quantitative estimate of drug-likeness (QED) is 0.707. The molecule has 0 atom stereocenters. The molecule has 1 fully saturated rings. The van der Waals surface area contributed by atoms with Crippen molar-refractivity contribution in [2.24, 2.45) is 5.92 Å². The van der Waals surface area contributed by atoms with Crippen molar-refractivity contribution in [3.63, 3.8) is 0 Å². The Balaban J connectivity index is 1.80. The highest BCUT2D eigenvalue weighted by Gasteiger charge is 2.21. The van der Waals surface area contributed by atoms with Gasteiger partial charge in [0.05, 0.1) is 6.61 Å². The van der Waals surface area contributed by atoms with Gasteiger partial charge in [0.1, 0.15) is 0 Å². The summed E-state index contributed by atoms with van der Waals surface area (Å²) in [6, 6.07) is 0. The number of thiazole rings is 1. The average molecular weight is 283 g/mol. The topological polar surface area (TPSA) is 37.4 Å². The van der Waals surface area contributed by atoms with Crippen LogP contribution in [0, 0.1) is 5.92 Å². The Morgan fingerprint density at radius 1 is 1.53 bits per heavy atom. The van der Waals surface area contributed by atoms with Gasteiger partial charge in [-0.25, -0.2) is 4.98 Å². The van der Waals surface area contributed by atoms with Crippen LogP contribution in [0.15, 0.2) is 6.20 Å². The SMILES string of the molecule is CCN(CC1CCC1)c1ncc(CNCCOC)s1. The molecule has 0 unspecified atom stereocenters. The molecule has 1 saturated carbocycles. The van der Waals surface area contributed by atoms with E-state index in [0.29, 0.717) is 0 Å². The van der Waals surface area contributed by atoms with Gasteiger partial charge >= 0.3 is 0 Å². The van der Waals surface area contributed by atoms with Gasteiger partial charge < -0.3 is 15.0 Å². The van der Waals surface area contributed by atoms with E-state index in [1.54, 1.807) is 7.11 Å². The third-order valence-corrected chi connectivity index (χ3v) is 4.74. The minimum absolute atomic E-state index is 0.758. The number of nitrogens with one attached hydrogen (secondary N) is 1. The van der Waals surface area contributed by atoms with Crippen molar-refractivity contribution in [3.8, 4) is 0 Å². The molecule has 1 aromatic rings. The van der Waals surface area contributed by atoms with E-state index in [4.69, 9.17) is 4.74 Å². The molecule has 0 bridgehead atoms. The van der Waals surface area contributed by atoms with E-state index in [-0.39, 0.29) is 0 Å². The molecular weight excluding hydrogens is 258 g/mol. The van der Waals surface area contributed by atoms with E-state index in [0.717, 1.165) is 32.2 Å². The zero-order valence-corrected chi connectivity index (χ0v) is 12.8. The molecule has 0 spiro atoms. The number of hydrogen-bond acceptors (Lipinski definition) is 5. The van der Waals surface area contributed by atoms with E-state index in [1.165, 1.54) is 35.8 Å².